The van der Waals surface area contributed by atoms with Crippen molar-refractivity contribution in [1.29, 1.82) is 0 Å². The van der Waals surface area contributed by atoms with Crippen molar-refractivity contribution >= 4 is 0 Å². The van der Waals surface area contributed by atoms with E-state index in [1.807, 2.05) is 18.3 Å². The van der Waals surface area contributed by atoms with Gasteiger partial charge < -0.3 is 10.4 Å². The molecule has 2 saturated carbocycles. The molecule has 98 valence electrons. The average molecular weight is 246 g/mol. The van der Waals surface area contributed by atoms with Gasteiger partial charge in [-0.2, -0.15) is 0 Å². The molecule has 0 unspecified atom stereocenters. The SMILES string of the molecule is OC[C@]1(c2ccccn2)CC[C@H](NC2CC2)CC1. The van der Waals surface area contributed by atoms with E-state index in [-0.39, 0.29) is 12.0 Å². The fraction of sp³-hybridized carbons (Fsp3) is 0.667. The van der Waals surface area contributed by atoms with Crippen molar-refractivity contribution < 1.29 is 5.11 Å². The number of aromatic nitrogens is 1. The molecule has 2 aliphatic carbocycles. The largest absolute Gasteiger partial charge is 0.395 e. The van der Waals surface area contributed by atoms with Crippen molar-refractivity contribution in [2.75, 3.05) is 6.61 Å². The minimum atomic E-state index is -0.0943. The molecule has 0 aliphatic heterocycles. The second-order valence-electron chi connectivity index (χ2n) is 5.87. The first-order valence-electron chi connectivity index (χ1n) is 7.11. The van der Waals surface area contributed by atoms with Gasteiger partial charge in [-0.1, -0.05) is 6.07 Å². The Morgan fingerprint density at radius 1 is 1.17 bits per heavy atom. The van der Waals surface area contributed by atoms with Crippen molar-refractivity contribution in [1.82, 2.24) is 10.3 Å². The van der Waals surface area contributed by atoms with Crippen LogP contribution in [0.5, 0.6) is 0 Å². The van der Waals surface area contributed by atoms with E-state index in [9.17, 15) is 5.11 Å². The summed E-state index contributed by atoms with van der Waals surface area (Å²) in [6, 6.07) is 7.46. The first-order valence-corrected chi connectivity index (χ1v) is 7.11. The van der Waals surface area contributed by atoms with Gasteiger partial charge in [0, 0.05) is 29.4 Å². The van der Waals surface area contributed by atoms with Crippen molar-refractivity contribution in [3.8, 4) is 0 Å². The normalized spacial score (nSPS) is 32.4. The number of nitrogens with zero attached hydrogens (tertiary/aromatic N) is 1. The maximum Gasteiger partial charge on any atom is 0.0543 e. The molecule has 0 amide bonds. The number of nitrogens with one attached hydrogen (secondary N) is 1. The molecule has 1 heterocycles. The van der Waals surface area contributed by atoms with Gasteiger partial charge in [-0.15, -0.1) is 0 Å². The quantitative estimate of drug-likeness (QED) is 0.854. The van der Waals surface area contributed by atoms with Crippen molar-refractivity contribution in [3.05, 3.63) is 30.1 Å². The molecule has 0 aromatic carbocycles. The molecule has 18 heavy (non-hydrogen) atoms. The summed E-state index contributed by atoms with van der Waals surface area (Å²) >= 11 is 0. The van der Waals surface area contributed by atoms with E-state index in [0.717, 1.165) is 37.4 Å². The molecular weight excluding hydrogens is 224 g/mol. The summed E-state index contributed by atoms with van der Waals surface area (Å²) in [5, 5.41) is 13.5. The van der Waals surface area contributed by atoms with Gasteiger partial charge >= 0.3 is 0 Å². The van der Waals surface area contributed by atoms with Gasteiger partial charge in [-0.25, -0.2) is 0 Å². The van der Waals surface area contributed by atoms with Crippen LogP contribution < -0.4 is 5.32 Å². The lowest BCUT2D eigenvalue weighted by molar-refractivity contribution is 0.134. The summed E-state index contributed by atoms with van der Waals surface area (Å²) in [5.41, 5.74) is 0.973. The molecule has 2 fully saturated rings. The second-order valence-corrected chi connectivity index (χ2v) is 5.87. The van der Waals surface area contributed by atoms with E-state index in [0.29, 0.717) is 6.04 Å². The van der Waals surface area contributed by atoms with E-state index in [4.69, 9.17) is 0 Å². The van der Waals surface area contributed by atoms with Gasteiger partial charge in [0.25, 0.3) is 0 Å². The third-order valence-corrected chi connectivity index (χ3v) is 4.50. The third kappa shape index (κ3) is 2.43. The molecule has 2 N–H and O–H groups in total. The Hall–Kier alpha value is -0.930. The van der Waals surface area contributed by atoms with E-state index < -0.39 is 0 Å². The molecule has 0 bridgehead atoms. The van der Waals surface area contributed by atoms with Crippen molar-refractivity contribution in [3.63, 3.8) is 0 Å². The molecule has 0 radical (unpaired) electrons. The summed E-state index contributed by atoms with van der Waals surface area (Å²) in [6.45, 7) is 0.222. The van der Waals surface area contributed by atoms with E-state index >= 15 is 0 Å². The number of rotatable bonds is 4. The predicted molar refractivity (Wildman–Crippen MR) is 71.4 cm³/mol. The first kappa shape index (κ1) is 12.1. The highest BCUT2D eigenvalue weighted by Gasteiger charge is 2.38. The molecule has 1 aromatic rings. The Kier molecular flexibility index (Phi) is 3.35. The lowest BCUT2D eigenvalue weighted by Gasteiger charge is -2.38. The molecule has 0 atom stereocenters. The Labute approximate surface area is 109 Å². The Bertz CT molecular complexity index is 381. The van der Waals surface area contributed by atoms with Crippen LogP contribution in [0.4, 0.5) is 0 Å². The molecular formula is C15H22N2O. The van der Waals surface area contributed by atoms with Crippen LogP contribution in [0.15, 0.2) is 24.4 Å². The number of aliphatic hydroxyl groups is 1. The number of hydrogen-bond acceptors (Lipinski definition) is 3. The molecule has 0 saturated heterocycles. The lowest BCUT2D eigenvalue weighted by atomic mass is 9.70. The summed E-state index contributed by atoms with van der Waals surface area (Å²) in [5.74, 6) is 0. The predicted octanol–water partition coefficient (Wildman–Crippen LogP) is 2.01. The van der Waals surface area contributed by atoms with Crippen LogP contribution in [-0.4, -0.2) is 28.8 Å². The van der Waals surface area contributed by atoms with E-state index in [1.54, 1.807) is 0 Å². The van der Waals surface area contributed by atoms with Crippen LogP contribution in [-0.2, 0) is 5.41 Å². The number of hydrogen-bond donors (Lipinski definition) is 2. The Balaban J connectivity index is 1.67. The number of aliphatic hydroxyl groups excluding tert-OH is 1. The minimum Gasteiger partial charge on any atom is -0.395 e. The summed E-state index contributed by atoms with van der Waals surface area (Å²) in [4.78, 5) is 4.46. The lowest BCUT2D eigenvalue weighted by Crippen LogP contribution is -2.42. The van der Waals surface area contributed by atoms with Gasteiger partial charge in [0.2, 0.25) is 0 Å². The molecule has 3 rings (SSSR count). The maximum atomic E-state index is 9.82. The fourth-order valence-electron chi connectivity index (χ4n) is 3.09. The molecule has 0 spiro atoms. The molecule has 1 aromatic heterocycles. The smallest absolute Gasteiger partial charge is 0.0543 e. The number of pyridine rings is 1. The highest BCUT2D eigenvalue weighted by molar-refractivity contribution is 5.18. The van der Waals surface area contributed by atoms with Crippen LogP contribution in [0.2, 0.25) is 0 Å². The average Bonchev–Trinajstić information content (AvgIpc) is 3.25. The van der Waals surface area contributed by atoms with E-state index in [1.165, 1.54) is 12.8 Å². The zero-order valence-corrected chi connectivity index (χ0v) is 10.8. The summed E-state index contributed by atoms with van der Waals surface area (Å²) in [7, 11) is 0. The second kappa shape index (κ2) is 4.98. The zero-order valence-electron chi connectivity index (χ0n) is 10.8. The monoisotopic (exact) mass is 246 g/mol. The van der Waals surface area contributed by atoms with Crippen molar-refractivity contribution in [2.24, 2.45) is 0 Å². The van der Waals surface area contributed by atoms with Gasteiger partial charge in [-0.3, -0.25) is 4.98 Å². The highest BCUT2D eigenvalue weighted by Crippen LogP contribution is 2.38. The van der Waals surface area contributed by atoms with Crippen LogP contribution in [0.1, 0.15) is 44.2 Å². The van der Waals surface area contributed by atoms with Gasteiger partial charge in [0.05, 0.1) is 6.61 Å². The molecule has 2 aliphatic rings. The summed E-state index contributed by atoms with van der Waals surface area (Å²) < 4.78 is 0. The molecule has 3 heteroatoms. The maximum absolute atomic E-state index is 9.82. The Morgan fingerprint density at radius 2 is 1.89 bits per heavy atom. The van der Waals surface area contributed by atoms with Crippen LogP contribution in [0.25, 0.3) is 0 Å². The zero-order chi connectivity index (χ0) is 12.4. The topological polar surface area (TPSA) is 45.2 Å². The summed E-state index contributed by atoms with van der Waals surface area (Å²) in [6.07, 6.45) is 8.95. The van der Waals surface area contributed by atoms with Gasteiger partial charge in [0.1, 0.15) is 0 Å². The van der Waals surface area contributed by atoms with Gasteiger partial charge in [-0.05, 0) is 50.7 Å². The molecule has 3 nitrogen and oxygen atoms in total. The minimum absolute atomic E-state index is 0.0943. The standard InChI is InChI=1S/C15H22N2O/c18-11-15(14-3-1-2-10-16-14)8-6-13(7-9-15)17-12-4-5-12/h1-3,10,12-13,17-18H,4-9,11H2/t13-,15-. The third-order valence-electron chi connectivity index (χ3n) is 4.50. The van der Waals surface area contributed by atoms with Crippen LogP contribution in [0, 0.1) is 0 Å². The Morgan fingerprint density at radius 3 is 2.44 bits per heavy atom. The van der Waals surface area contributed by atoms with Crippen molar-refractivity contribution in [2.45, 2.75) is 56.0 Å². The van der Waals surface area contributed by atoms with Crippen LogP contribution in [0.3, 0.4) is 0 Å². The highest BCUT2D eigenvalue weighted by atomic mass is 16.3. The first-order chi connectivity index (χ1) is 8.82. The van der Waals surface area contributed by atoms with E-state index in [2.05, 4.69) is 16.4 Å². The fourth-order valence-corrected chi connectivity index (χ4v) is 3.09. The van der Waals surface area contributed by atoms with Gasteiger partial charge in [0.15, 0.2) is 0 Å². The van der Waals surface area contributed by atoms with Crippen LogP contribution >= 0.6 is 0 Å².